The van der Waals surface area contributed by atoms with Crippen LogP contribution in [0.25, 0.3) is 5.69 Å². The maximum Gasteiger partial charge on any atom is 0.350 e. The van der Waals surface area contributed by atoms with Gasteiger partial charge in [0, 0.05) is 6.54 Å². The topological polar surface area (TPSA) is 83.2 Å². The summed E-state index contributed by atoms with van der Waals surface area (Å²) in [6, 6.07) is 7.46. The monoisotopic (exact) mass is 308 g/mol. The van der Waals surface area contributed by atoms with Gasteiger partial charge in [0.2, 0.25) is 0 Å². The van der Waals surface area contributed by atoms with Crippen molar-refractivity contribution in [3.8, 4) is 5.69 Å². The van der Waals surface area contributed by atoms with Crippen LogP contribution in [0, 0.1) is 6.92 Å². The molecule has 0 aliphatic carbocycles. The van der Waals surface area contributed by atoms with E-state index in [-0.39, 0.29) is 12.2 Å². The molecule has 1 aliphatic rings. The summed E-state index contributed by atoms with van der Waals surface area (Å²) in [5.41, 5.74) is 1.54. The lowest BCUT2D eigenvalue weighted by atomic mass is 10.2. The third-order valence-corrected chi connectivity index (χ3v) is 4.83. The summed E-state index contributed by atoms with van der Waals surface area (Å²) in [7, 11) is -3.27. The summed E-state index contributed by atoms with van der Waals surface area (Å²) in [6.45, 7) is 2.72. The quantitative estimate of drug-likeness (QED) is 0.749. The summed E-state index contributed by atoms with van der Waals surface area (Å²) >= 11 is 0. The van der Waals surface area contributed by atoms with E-state index in [1.165, 1.54) is 13.6 Å². The first-order valence-corrected chi connectivity index (χ1v) is 8.42. The van der Waals surface area contributed by atoms with Crippen LogP contribution in [-0.4, -0.2) is 36.0 Å². The minimum atomic E-state index is -3.27. The summed E-state index contributed by atoms with van der Waals surface area (Å²) in [5.74, 6) is 0.470. The molecule has 1 aromatic heterocycles. The van der Waals surface area contributed by atoms with Crippen LogP contribution in [0.5, 0.6) is 0 Å². The molecule has 112 valence electrons. The van der Waals surface area contributed by atoms with Crippen molar-refractivity contribution in [2.45, 2.75) is 20.0 Å². The van der Waals surface area contributed by atoms with Crippen molar-refractivity contribution in [1.82, 2.24) is 18.7 Å². The van der Waals surface area contributed by atoms with Gasteiger partial charge in [0.05, 0.1) is 12.2 Å². The minimum absolute atomic E-state index is 0.132. The number of rotatable bonds is 2. The molecule has 3 rings (SSSR count). The van der Waals surface area contributed by atoms with E-state index < -0.39 is 10.4 Å². The highest BCUT2D eigenvalue weighted by Gasteiger charge is 2.30. The summed E-state index contributed by atoms with van der Waals surface area (Å²) in [4.78, 5) is 12.4. The number of hydrogen-bond acceptors (Lipinski definition) is 4. The van der Waals surface area contributed by atoms with Gasteiger partial charge in [-0.15, -0.1) is 9.40 Å². The first-order chi connectivity index (χ1) is 9.86. The number of benzene rings is 1. The second-order valence-corrected chi connectivity index (χ2v) is 7.18. The van der Waals surface area contributed by atoms with E-state index in [1.807, 2.05) is 31.2 Å². The van der Waals surface area contributed by atoms with Crippen LogP contribution < -0.4 is 5.69 Å². The van der Waals surface area contributed by atoms with Gasteiger partial charge in [0.15, 0.2) is 5.82 Å². The molecule has 0 saturated heterocycles. The van der Waals surface area contributed by atoms with Crippen LogP contribution in [0.4, 0.5) is 0 Å². The van der Waals surface area contributed by atoms with Gasteiger partial charge in [0.1, 0.15) is 23.2 Å². The molecule has 1 aromatic carbocycles. The van der Waals surface area contributed by atoms with Crippen LogP contribution in [0.2, 0.25) is 0 Å². The van der Waals surface area contributed by atoms with Gasteiger partial charge in [-0.05, 0) is 19.1 Å². The molecule has 7 nitrogen and oxygen atoms in total. The molecule has 2 aromatic rings. The molecule has 0 fully saturated rings. The molecule has 1 atom stereocenters. The molecule has 0 saturated carbocycles. The first-order valence-electron chi connectivity index (χ1n) is 6.57. The molecule has 0 N–H and O–H groups in total. The Morgan fingerprint density at radius 1 is 1.24 bits per heavy atom. The molecule has 1 unspecified atom stereocenters. The average Bonchev–Trinajstić information content (AvgIpc) is 2.76. The van der Waals surface area contributed by atoms with E-state index in [9.17, 15) is 13.6 Å². The summed E-state index contributed by atoms with van der Waals surface area (Å²) < 4.78 is 27.4. The average molecular weight is 308 g/mol. The molecular formula is C13H16N4O3S. The van der Waals surface area contributed by atoms with Gasteiger partial charge < -0.3 is 4.55 Å². The van der Waals surface area contributed by atoms with Crippen molar-refractivity contribution in [3.63, 3.8) is 0 Å². The Morgan fingerprint density at radius 3 is 2.52 bits per heavy atom. The fourth-order valence-corrected chi connectivity index (χ4v) is 3.13. The Hall–Kier alpha value is -1.77. The third kappa shape index (κ3) is 2.57. The van der Waals surface area contributed by atoms with E-state index in [2.05, 4.69) is 5.10 Å². The SMILES string of the molecule is Cc1ccc(-n2nc3n(c2=O)CCN([S+](C)(=O)[O-])C3)cc1. The van der Waals surface area contributed by atoms with Crippen molar-refractivity contribution in [3.05, 3.63) is 46.1 Å². The molecule has 0 radical (unpaired) electrons. The number of hydrogen-bond donors (Lipinski definition) is 0. The summed E-state index contributed by atoms with van der Waals surface area (Å²) in [6.07, 6.45) is 1.16. The number of aryl methyl sites for hydroxylation is 1. The Kier molecular flexibility index (Phi) is 3.31. The Labute approximate surface area is 123 Å². The zero-order valence-electron chi connectivity index (χ0n) is 11.9. The second kappa shape index (κ2) is 4.90. The zero-order valence-corrected chi connectivity index (χ0v) is 12.7. The van der Waals surface area contributed by atoms with E-state index in [1.54, 1.807) is 0 Å². The van der Waals surface area contributed by atoms with Crippen molar-refractivity contribution in [1.29, 1.82) is 0 Å². The van der Waals surface area contributed by atoms with E-state index in [4.69, 9.17) is 0 Å². The van der Waals surface area contributed by atoms with E-state index in [0.29, 0.717) is 24.6 Å². The highest BCUT2D eigenvalue weighted by molar-refractivity contribution is 7.94. The molecule has 0 bridgehead atoms. The van der Waals surface area contributed by atoms with E-state index >= 15 is 0 Å². The zero-order chi connectivity index (χ0) is 15.2. The van der Waals surface area contributed by atoms with Crippen molar-refractivity contribution in [2.24, 2.45) is 0 Å². The second-order valence-electron chi connectivity index (χ2n) is 5.19. The lowest BCUT2D eigenvalue weighted by Gasteiger charge is -2.27. The molecule has 2 heterocycles. The molecule has 8 heteroatoms. The molecule has 1 aliphatic heterocycles. The lowest BCUT2D eigenvalue weighted by Crippen LogP contribution is -2.43. The predicted octanol–water partition coefficient (Wildman–Crippen LogP) is 0.333. The third-order valence-electron chi connectivity index (χ3n) is 3.58. The largest absolute Gasteiger partial charge is 0.598 e. The summed E-state index contributed by atoms with van der Waals surface area (Å²) in [5, 5.41) is 4.27. The lowest BCUT2D eigenvalue weighted by molar-refractivity contribution is 0.303. The van der Waals surface area contributed by atoms with Gasteiger partial charge in [0.25, 0.3) is 0 Å². The van der Waals surface area contributed by atoms with Crippen molar-refractivity contribution >= 4 is 10.4 Å². The number of sulfonamides is 1. The number of nitrogens with zero attached hydrogens (tertiary/aromatic N) is 4. The first kappa shape index (κ1) is 14.2. The molecular weight excluding hydrogens is 292 g/mol. The van der Waals surface area contributed by atoms with Crippen molar-refractivity contribution in [2.75, 3.05) is 12.8 Å². The van der Waals surface area contributed by atoms with Crippen LogP contribution in [0.1, 0.15) is 11.4 Å². The minimum Gasteiger partial charge on any atom is -0.598 e. The smallest absolute Gasteiger partial charge is 0.350 e. The van der Waals surface area contributed by atoms with Crippen LogP contribution in [0.3, 0.4) is 0 Å². The highest BCUT2D eigenvalue weighted by atomic mass is 32.3. The molecule has 0 amide bonds. The standard InChI is InChI=1S/C13H16N4O3S/c1-10-3-5-11(6-4-10)17-13(18)16-8-7-15(21(2,19)20)9-12(16)14-17/h3-6H,7-9H2,1-2H3. The number of fused-ring (bicyclic) bond motifs is 1. The number of aromatic nitrogens is 3. The molecule has 0 spiro atoms. The Bertz CT molecular complexity index is 772. The van der Waals surface area contributed by atoms with Gasteiger partial charge in [-0.25, -0.2) is 4.79 Å². The highest BCUT2D eigenvalue weighted by Crippen LogP contribution is 2.15. The van der Waals surface area contributed by atoms with Crippen LogP contribution in [-0.2, 0) is 27.7 Å². The fourth-order valence-electron chi connectivity index (χ4n) is 2.36. The van der Waals surface area contributed by atoms with Crippen LogP contribution in [0.15, 0.2) is 29.1 Å². The Morgan fingerprint density at radius 2 is 1.90 bits per heavy atom. The van der Waals surface area contributed by atoms with Gasteiger partial charge in [-0.3, -0.25) is 4.57 Å². The fraction of sp³-hybridized carbons (Fsp3) is 0.385. The van der Waals surface area contributed by atoms with Crippen LogP contribution >= 0.6 is 0 Å². The van der Waals surface area contributed by atoms with Gasteiger partial charge in [-0.1, -0.05) is 21.9 Å². The van der Waals surface area contributed by atoms with Gasteiger partial charge in [-0.2, -0.15) is 4.68 Å². The maximum absolute atomic E-state index is 12.4. The normalized spacial score (nSPS) is 18.2. The van der Waals surface area contributed by atoms with E-state index in [0.717, 1.165) is 11.8 Å². The predicted molar refractivity (Wildman–Crippen MR) is 77.7 cm³/mol. The maximum atomic E-state index is 12.4. The van der Waals surface area contributed by atoms with Gasteiger partial charge >= 0.3 is 5.69 Å². The molecule has 21 heavy (non-hydrogen) atoms. The Balaban J connectivity index is 2.01. The van der Waals surface area contributed by atoms with Crippen molar-refractivity contribution < 1.29 is 8.76 Å².